The van der Waals surface area contributed by atoms with Crippen LogP contribution in [0.4, 0.5) is 17.2 Å². The highest BCUT2D eigenvalue weighted by atomic mass is 35.5. The van der Waals surface area contributed by atoms with Crippen LogP contribution in [0, 0.1) is 6.92 Å². The fraction of sp³-hybridized carbons (Fsp3) is 0.100. The van der Waals surface area contributed by atoms with Crippen molar-refractivity contribution in [2.45, 2.75) is 13.8 Å². The third-order valence-electron chi connectivity index (χ3n) is 3.96. The van der Waals surface area contributed by atoms with Crippen LogP contribution in [0.25, 0.3) is 0 Å². The molecule has 0 fully saturated rings. The number of hydrogen-bond donors (Lipinski definition) is 2. The molecule has 0 aliphatic heterocycles. The van der Waals surface area contributed by atoms with Gasteiger partial charge in [-0.2, -0.15) is 0 Å². The van der Waals surface area contributed by atoms with Crippen LogP contribution in [-0.4, -0.2) is 21.7 Å². The van der Waals surface area contributed by atoms with Crippen LogP contribution in [0.5, 0.6) is 0 Å². The van der Waals surface area contributed by atoms with Crippen molar-refractivity contribution >= 4 is 40.5 Å². The minimum atomic E-state index is -0.372. The zero-order valence-corrected chi connectivity index (χ0v) is 15.5. The van der Waals surface area contributed by atoms with Gasteiger partial charge >= 0.3 is 0 Å². The van der Waals surface area contributed by atoms with E-state index in [0.29, 0.717) is 27.8 Å². The Morgan fingerprint density at radius 1 is 1.04 bits per heavy atom. The fourth-order valence-corrected chi connectivity index (χ4v) is 2.62. The minimum absolute atomic E-state index is 0.0294. The van der Waals surface area contributed by atoms with Crippen LogP contribution in [0.15, 0.2) is 54.9 Å². The smallest absolute Gasteiger partial charge is 0.274 e. The third-order valence-corrected chi connectivity index (χ3v) is 4.37. The molecule has 3 aromatic rings. The highest BCUT2D eigenvalue weighted by molar-refractivity contribution is 6.31. The Hall–Kier alpha value is -3.25. The third kappa shape index (κ3) is 4.48. The molecule has 0 bridgehead atoms. The summed E-state index contributed by atoms with van der Waals surface area (Å²) in [5.74, 6) is 0.0419. The van der Waals surface area contributed by atoms with Gasteiger partial charge in [0.25, 0.3) is 5.91 Å². The van der Waals surface area contributed by atoms with Gasteiger partial charge in [0.1, 0.15) is 17.8 Å². The molecule has 0 spiro atoms. The van der Waals surface area contributed by atoms with Crippen LogP contribution in [0.1, 0.15) is 33.3 Å². The minimum Gasteiger partial charge on any atom is -0.340 e. The molecule has 0 saturated heterocycles. The number of carbonyl (C=O) groups is 2. The number of anilines is 3. The molecule has 1 heterocycles. The molecule has 0 unspecified atom stereocenters. The van der Waals surface area contributed by atoms with E-state index in [4.69, 9.17) is 11.6 Å². The normalized spacial score (nSPS) is 10.3. The quantitative estimate of drug-likeness (QED) is 0.630. The first-order valence-electron chi connectivity index (χ1n) is 8.20. The largest absolute Gasteiger partial charge is 0.340 e. The van der Waals surface area contributed by atoms with E-state index in [2.05, 4.69) is 20.6 Å². The molecule has 3 rings (SSSR count). The highest BCUT2D eigenvalue weighted by Gasteiger charge is 2.12. The summed E-state index contributed by atoms with van der Waals surface area (Å²) in [6.07, 6.45) is 1.30. The summed E-state index contributed by atoms with van der Waals surface area (Å²) in [7, 11) is 0. The first-order valence-corrected chi connectivity index (χ1v) is 8.58. The van der Waals surface area contributed by atoms with Crippen molar-refractivity contribution in [2.24, 2.45) is 0 Å². The zero-order valence-electron chi connectivity index (χ0n) is 14.8. The van der Waals surface area contributed by atoms with Gasteiger partial charge in [0.2, 0.25) is 0 Å². The number of nitrogens with zero attached hydrogens (tertiary/aromatic N) is 2. The van der Waals surface area contributed by atoms with Crippen molar-refractivity contribution in [1.29, 1.82) is 0 Å². The fourth-order valence-electron chi connectivity index (χ4n) is 2.44. The second kappa shape index (κ2) is 7.97. The lowest BCUT2D eigenvalue weighted by Crippen LogP contribution is -2.15. The predicted molar refractivity (Wildman–Crippen MR) is 106 cm³/mol. The van der Waals surface area contributed by atoms with E-state index >= 15 is 0 Å². The molecule has 27 heavy (non-hydrogen) atoms. The van der Waals surface area contributed by atoms with Crippen LogP contribution in [-0.2, 0) is 0 Å². The van der Waals surface area contributed by atoms with Gasteiger partial charge < -0.3 is 10.6 Å². The summed E-state index contributed by atoms with van der Waals surface area (Å²) in [4.78, 5) is 32.2. The average molecular weight is 381 g/mol. The van der Waals surface area contributed by atoms with E-state index in [-0.39, 0.29) is 17.4 Å². The van der Waals surface area contributed by atoms with E-state index in [1.54, 1.807) is 36.4 Å². The van der Waals surface area contributed by atoms with Gasteiger partial charge in [0, 0.05) is 28.0 Å². The molecule has 6 nitrogen and oxygen atoms in total. The number of ketones is 1. The lowest BCUT2D eigenvalue weighted by molar-refractivity contribution is 0.101. The van der Waals surface area contributed by atoms with Gasteiger partial charge in [-0.05, 0) is 43.7 Å². The maximum Gasteiger partial charge on any atom is 0.274 e. The summed E-state index contributed by atoms with van der Waals surface area (Å²) in [6.45, 7) is 3.33. The van der Waals surface area contributed by atoms with Crippen molar-refractivity contribution in [3.8, 4) is 0 Å². The number of aromatic nitrogens is 2. The van der Waals surface area contributed by atoms with Crippen molar-refractivity contribution in [2.75, 3.05) is 10.6 Å². The number of Topliss-reactive ketones (excluding diaryl/α,β-unsaturated/α-hetero) is 1. The molecule has 1 aromatic heterocycles. The Bertz CT molecular complexity index is 1020. The van der Waals surface area contributed by atoms with E-state index in [0.717, 1.165) is 5.56 Å². The van der Waals surface area contributed by atoms with Crippen LogP contribution in [0.2, 0.25) is 5.02 Å². The van der Waals surface area contributed by atoms with Crippen molar-refractivity contribution in [3.63, 3.8) is 0 Å². The molecular formula is C20H17ClN4O2. The van der Waals surface area contributed by atoms with Crippen LogP contribution < -0.4 is 10.6 Å². The summed E-state index contributed by atoms with van der Waals surface area (Å²) >= 11 is 6.08. The summed E-state index contributed by atoms with van der Waals surface area (Å²) in [5, 5.41) is 6.44. The lowest BCUT2D eigenvalue weighted by Gasteiger charge is -2.10. The molecule has 0 aliphatic rings. The van der Waals surface area contributed by atoms with Gasteiger partial charge in [-0.1, -0.05) is 29.8 Å². The standard InChI is InChI=1S/C20H17ClN4O2/c1-12-16(21)7-4-8-17(12)25-20(27)18-10-19(23-11-22-18)24-15-6-3-5-14(9-15)13(2)26/h3-11H,1-2H3,(H,25,27)(H,22,23,24). The Labute approximate surface area is 161 Å². The molecule has 2 N–H and O–H groups in total. The van der Waals surface area contributed by atoms with E-state index < -0.39 is 0 Å². The van der Waals surface area contributed by atoms with Gasteiger partial charge in [-0.25, -0.2) is 9.97 Å². The number of nitrogens with one attached hydrogen (secondary N) is 2. The average Bonchev–Trinajstić information content (AvgIpc) is 2.66. The second-order valence-corrected chi connectivity index (χ2v) is 6.32. The number of halogens is 1. The first-order chi connectivity index (χ1) is 12.9. The molecule has 0 saturated carbocycles. The molecule has 1 amide bonds. The van der Waals surface area contributed by atoms with Gasteiger partial charge in [-0.15, -0.1) is 0 Å². The molecule has 0 radical (unpaired) electrons. The monoisotopic (exact) mass is 380 g/mol. The molecule has 0 aliphatic carbocycles. The first kappa shape index (κ1) is 18.5. The zero-order chi connectivity index (χ0) is 19.4. The Morgan fingerprint density at radius 3 is 2.59 bits per heavy atom. The van der Waals surface area contributed by atoms with E-state index in [9.17, 15) is 9.59 Å². The van der Waals surface area contributed by atoms with Gasteiger partial charge in [-0.3, -0.25) is 9.59 Å². The molecule has 136 valence electrons. The topological polar surface area (TPSA) is 84.0 Å². The van der Waals surface area contributed by atoms with Crippen LogP contribution >= 0.6 is 11.6 Å². The van der Waals surface area contributed by atoms with Gasteiger partial charge in [0.05, 0.1) is 0 Å². The molecule has 0 atom stereocenters. The summed E-state index contributed by atoms with van der Waals surface area (Å²) in [6, 6.07) is 13.9. The Morgan fingerprint density at radius 2 is 1.81 bits per heavy atom. The number of carbonyl (C=O) groups excluding carboxylic acids is 2. The van der Waals surface area contributed by atoms with Crippen LogP contribution in [0.3, 0.4) is 0 Å². The van der Waals surface area contributed by atoms with Gasteiger partial charge in [0.15, 0.2) is 5.78 Å². The Balaban J connectivity index is 1.79. The van der Waals surface area contributed by atoms with Crippen molar-refractivity contribution in [1.82, 2.24) is 9.97 Å². The van der Waals surface area contributed by atoms with E-state index in [1.165, 1.54) is 19.3 Å². The molecular weight excluding hydrogens is 364 g/mol. The second-order valence-electron chi connectivity index (χ2n) is 5.92. The van der Waals surface area contributed by atoms with Crippen molar-refractivity contribution in [3.05, 3.63) is 76.7 Å². The van der Waals surface area contributed by atoms with E-state index in [1.807, 2.05) is 13.0 Å². The predicted octanol–water partition coefficient (Wildman–Crippen LogP) is 4.64. The number of amides is 1. The number of benzene rings is 2. The highest BCUT2D eigenvalue weighted by Crippen LogP contribution is 2.23. The Kier molecular flexibility index (Phi) is 5.47. The molecule has 2 aromatic carbocycles. The number of rotatable bonds is 5. The summed E-state index contributed by atoms with van der Waals surface area (Å²) in [5.41, 5.74) is 2.88. The lowest BCUT2D eigenvalue weighted by atomic mass is 10.1. The maximum atomic E-state index is 12.5. The maximum absolute atomic E-state index is 12.5. The molecule has 7 heteroatoms. The summed E-state index contributed by atoms with van der Waals surface area (Å²) < 4.78 is 0. The SMILES string of the molecule is CC(=O)c1cccc(Nc2cc(C(=O)Nc3cccc(Cl)c3C)ncn2)c1. The number of hydrogen-bond acceptors (Lipinski definition) is 5. The van der Waals surface area contributed by atoms with Crippen molar-refractivity contribution < 1.29 is 9.59 Å².